The van der Waals surface area contributed by atoms with Crippen LogP contribution in [0.3, 0.4) is 0 Å². The molecule has 0 spiro atoms. The summed E-state index contributed by atoms with van der Waals surface area (Å²) >= 11 is 1.55. The third-order valence-corrected chi connectivity index (χ3v) is 4.21. The fourth-order valence-electron chi connectivity index (χ4n) is 1.92. The number of nitrogens with one attached hydrogen (secondary N) is 2. The molecule has 26 heavy (non-hydrogen) atoms. The SMILES string of the molecule is Cc1nc(-c2ccc(CNC(=O)CNC(=O)[C@@H](N)C(C)C)o2)cs1.Cl.Cl. The second-order valence-electron chi connectivity index (χ2n) is 5.78. The topological polar surface area (TPSA) is 110 Å². The highest BCUT2D eigenvalue weighted by atomic mass is 35.5. The number of hydrogen-bond donors (Lipinski definition) is 3. The molecule has 4 N–H and O–H groups in total. The number of rotatable bonds is 7. The van der Waals surface area contributed by atoms with Crippen molar-refractivity contribution in [2.45, 2.75) is 33.4 Å². The molecule has 0 aromatic carbocycles. The third-order valence-electron chi connectivity index (χ3n) is 3.44. The van der Waals surface area contributed by atoms with Crippen molar-refractivity contribution in [2.75, 3.05) is 6.54 Å². The monoisotopic (exact) mass is 422 g/mol. The van der Waals surface area contributed by atoms with Crippen molar-refractivity contribution in [3.8, 4) is 11.5 Å². The number of hydrogen-bond acceptors (Lipinski definition) is 6. The molecule has 2 aromatic rings. The van der Waals surface area contributed by atoms with Gasteiger partial charge in [0, 0.05) is 5.38 Å². The maximum atomic E-state index is 11.8. The number of carbonyl (C=O) groups excluding carboxylic acids is 2. The van der Waals surface area contributed by atoms with E-state index in [2.05, 4.69) is 15.6 Å². The average molecular weight is 423 g/mol. The van der Waals surface area contributed by atoms with Crippen LogP contribution in [-0.4, -0.2) is 29.4 Å². The molecule has 1 atom stereocenters. The predicted octanol–water partition coefficient (Wildman–Crippen LogP) is 2.27. The van der Waals surface area contributed by atoms with Crippen LogP contribution < -0.4 is 16.4 Å². The zero-order chi connectivity index (χ0) is 17.7. The Balaban J connectivity index is 0.00000312. The van der Waals surface area contributed by atoms with Gasteiger partial charge in [0.15, 0.2) is 5.76 Å². The Kier molecular flexibility index (Phi) is 10.5. The summed E-state index contributed by atoms with van der Waals surface area (Å²) in [5, 5.41) is 8.09. The number of carbonyl (C=O) groups is 2. The van der Waals surface area contributed by atoms with Crippen LogP contribution in [0.4, 0.5) is 0 Å². The van der Waals surface area contributed by atoms with Gasteiger partial charge in [0.2, 0.25) is 11.8 Å². The summed E-state index contributed by atoms with van der Waals surface area (Å²) in [7, 11) is 0. The number of aromatic nitrogens is 1. The van der Waals surface area contributed by atoms with Crippen LogP contribution in [0.1, 0.15) is 24.6 Å². The average Bonchev–Trinajstić information content (AvgIpc) is 3.18. The molecule has 146 valence electrons. The lowest BCUT2D eigenvalue weighted by molar-refractivity contribution is -0.127. The molecule has 10 heteroatoms. The highest BCUT2D eigenvalue weighted by Crippen LogP contribution is 2.23. The van der Waals surface area contributed by atoms with Gasteiger partial charge in [0.05, 0.1) is 24.1 Å². The van der Waals surface area contributed by atoms with Crippen LogP contribution in [0.2, 0.25) is 0 Å². The Bertz CT molecular complexity index is 718. The summed E-state index contributed by atoms with van der Waals surface area (Å²) in [6.07, 6.45) is 0. The fraction of sp³-hybridized carbons (Fsp3) is 0.438. The second kappa shape index (κ2) is 11.2. The molecular weight excluding hydrogens is 399 g/mol. The third kappa shape index (κ3) is 6.95. The highest BCUT2D eigenvalue weighted by molar-refractivity contribution is 7.09. The molecule has 0 aliphatic heterocycles. The predicted molar refractivity (Wildman–Crippen MR) is 107 cm³/mol. The summed E-state index contributed by atoms with van der Waals surface area (Å²) < 4.78 is 5.65. The Morgan fingerprint density at radius 2 is 1.96 bits per heavy atom. The van der Waals surface area contributed by atoms with Gasteiger partial charge >= 0.3 is 0 Å². The van der Waals surface area contributed by atoms with Crippen molar-refractivity contribution < 1.29 is 14.0 Å². The molecule has 2 aromatic heterocycles. The van der Waals surface area contributed by atoms with E-state index in [0.29, 0.717) is 11.5 Å². The van der Waals surface area contributed by atoms with E-state index in [1.807, 2.05) is 32.2 Å². The van der Waals surface area contributed by atoms with Gasteiger partial charge < -0.3 is 20.8 Å². The van der Waals surface area contributed by atoms with Gasteiger partial charge in [-0.05, 0) is 25.0 Å². The summed E-state index contributed by atoms with van der Waals surface area (Å²) in [6.45, 7) is 5.76. The van der Waals surface area contributed by atoms with E-state index < -0.39 is 6.04 Å². The maximum Gasteiger partial charge on any atom is 0.239 e. The zero-order valence-corrected chi connectivity index (χ0v) is 17.2. The Morgan fingerprint density at radius 1 is 1.27 bits per heavy atom. The lowest BCUT2D eigenvalue weighted by Crippen LogP contribution is -2.47. The molecule has 0 saturated carbocycles. The van der Waals surface area contributed by atoms with Crippen molar-refractivity contribution in [1.29, 1.82) is 0 Å². The molecule has 2 heterocycles. The van der Waals surface area contributed by atoms with Crippen molar-refractivity contribution in [3.63, 3.8) is 0 Å². The van der Waals surface area contributed by atoms with E-state index in [0.717, 1.165) is 10.7 Å². The van der Waals surface area contributed by atoms with E-state index in [-0.39, 0.29) is 55.6 Å². The normalized spacial score (nSPS) is 11.3. The van der Waals surface area contributed by atoms with E-state index in [9.17, 15) is 9.59 Å². The van der Waals surface area contributed by atoms with Crippen LogP contribution in [0, 0.1) is 12.8 Å². The maximum absolute atomic E-state index is 11.8. The van der Waals surface area contributed by atoms with Crippen LogP contribution in [0.5, 0.6) is 0 Å². The second-order valence-corrected chi connectivity index (χ2v) is 6.84. The summed E-state index contributed by atoms with van der Waals surface area (Å²) in [5.74, 6) is 0.666. The molecule has 0 aliphatic carbocycles. The lowest BCUT2D eigenvalue weighted by Gasteiger charge is -2.14. The Hall–Kier alpha value is -1.61. The van der Waals surface area contributed by atoms with E-state index in [1.165, 1.54) is 0 Å². The largest absolute Gasteiger partial charge is 0.458 e. The highest BCUT2D eigenvalue weighted by Gasteiger charge is 2.17. The smallest absolute Gasteiger partial charge is 0.239 e. The first-order valence-corrected chi connectivity index (χ1v) is 8.56. The molecular formula is C16H24Cl2N4O3S. The van der Waals surface area contributed by atoms with Crippen LogP contribution >= 0.6 is 36.2 Å². The number of aryl methyl sites for hydroxylation is 1. The summed E-state index contributed by atoms with van der Waals surface area (Å²) in [4.78, 5) is 27.8. The molecule has 0 saturated heterocycles. The number of amides is 2. The first-order valence-electron chi connectivity index (χ1n) is 7.68. The first-order chi connectivity index (χ1) is 11.4. The van der Waals surface area contributed by atoms with Crippen LogP contribution in [0.25, 0.3) is 11.5 Å². The van der Waals surface area contributed by atoms with E-state index in [4.69, 9.17) is 10.2 Å². The minimum Gasteiger partial charge on any atom is -0.458 e. The summed E-state index contributed by atoms with van der Waals surface area (Å²) in [6, 6.07) is 2.99. The zero-order valence-electron chi connectivity index (χ0n) is 14.8. The number of halogens is 2. The van der Waals surface area contributed by atoms with Crippen molar-refractivity contribution >= 4 is 48.0 Å². The fourth-order valence-corrected chi connectivity index (χ4v) is 2.53. The lowest BCUT2D eigenvalue weighted by atomic mass is 10.1. The summed E-state index contributed by atoms with van der Waals surface area (Å²) in [5.41, 5.74) is 6.49. The van der Waals surface area contributed by atoms with Gasteiger partial charge in [-0.3, -0.25) is 9.59 Å². The van der Waals surface area contributed by atoms with Gasteiger partial charge in [0.25, 0.3) is 0 Å². The van der Waals surface area contributed by atoms with Crippen LogP contribution in [-0.2, 0) is 16.1 Å². The number of nitrogens with two attached hydrogens (primary N) is 1. The van der Waals surface area contributed by atoms with Gasteiger partial charge in [-0.15, -0.1) is 36.2 Å². The number of furan rings is 1. The molecule has 2 rings (SSSR count). The van der Waals surface area contributed by atoms with Gasteiger partial charge in [0.1, 0.15) is 11.5 Å². The quantitative estimate of drug-likeness (QED) is 0.633. The number of nitrogens with zero attached hydrogens (tertiary/aromatic N) is 1. The van der Waals surface area contributed by atoms with Crippen molar-refractivity contribution in [2.24, 2.45) is 11.7 Å². The first kappa shape index (κ1) is 24.4. The molecule has 7 nitrogen and oxygen atoms in total. The molecule has 0 aliphatic rings. The Labute approximate surface area is 168 Å². The van der Waals surface area contributed by atoms with Gasteiger partial charge in [-0.1, -0.05) is 13.8 Å². The van der Waals surface area contributed by atoms with Gasteiger partial charge in [-0.25, -0.2) is 4.98 Å². The molecule has 0 unspecified atom stereocenters. The van der Waals surface area contributed by atoms with E-state index in [1.54, 1.807) is 17.4 Å². The minimum atomic E-state index is -0.619. The molecule has 0 bridgehead atoms. The van der Waals surface area contributed by atoms with E-state index >= 15 is 0 Å². The molecule has 0 fully saturated rings. The minimum absolute atomic E-state index is 0. The standard InChI is InChI=1S/C16H22N4O3S.2ClH/c1-9(2)15(17)16(22)19-7-14(21)18-6-11-4-5-13(23-11)12-8-24-10(3)20-12;;/h4-5,8-9,15H,6-7,17H2,1-3H3,(H,18,21)(H,19,22);2*1H/t15-;;/m0../s1. The van der Waals surface area contributed by atoms with Crippen molar-refractivity contribution in [3.05, 3.63) is 28.3 Å². The van der Waals surface area contributed by atoms with Crippen molar-refractivity contribution in [1.82, 2.24) is 15.6 Å². The molecule has 0 radical (unpaired) electrons. The van der Waals surface area contributed by atoms with Crippen LogP contribution in [0.15, 0.2) is 21.9 Å². The number of thiazole rings is 1. The molecule has 2 amide bonds. The van der Waals surface area contributed by atoms with Gasteiger partial charge in [-0.2, -0.15) is 0 Å². The Morgan fingerprint density at radius 3 is 2.54 bits per heavy atom.